The van der Waals surface area contributed by atoms with Gasteiger partial charge in [-0.15, -0.1) is 22.7 Å². The number of benzene rings is 1. The number of hydrogen-bond acceptors (Lipinski definition) is 4. The molecule has 0 unspecified atom stereocenters. The number of hydrogen-bond donors (Lipinski definition) is 0. The van der Waals surface area contributed by atoms with Gasteiger partial charge in [-0.1, -0.05) is 52.4 Å². The largest absolute Gasteiger partial charge is 0.242 e. The molecule has 0 spiro atoms. The molecule has 3 heterocycles. The normalized spacial score (nSPS) is 11.6. The second kappa shape index (κ2) is 12.9. The molecule has 0 aliphatic carbocycles. The van der Waals surface area contributed by atoms with E-state index in [0.717, 1.165) is 34.0 Å². The molecule has 0 aliphatic rings. The summed E-state index contributed by atoms with van der Waals surface area (Å²) in [5.74, 6) is -0.342. The Hall–Kier alpha value is -1.15. The number of aryl methyl sites for hydroxylation is 2. The molecule has 0 saturated carbocycles. The van der Waals surface area contributed by atoms with Crippen LogP contribution in [0.5, 0.6) is 0 Å². The van der Waals surface area contributed by atoms with E-state index in [0.29, 0.717) is 20.0 Å². The van der Waals surface area contributed by atoms with Crippen LogP contribution in [0.15, 0.2) is 39.3 Å². The first kappa shape index (κ1) is 26.9. The van der Waals surface area contributed by atoms with Crippen LogP contribution >= 0.6 is 54.5 Å². The van der Waals surface area contributed by atoms with Crippen LogP contribution in [0.2, 0.25) is 0 Å². The highest BCUT2D eigenvalue weighted by atomic mass is 79.9. The maximum atomic E-state index is 14.5. The standard InChI is InChI=1S/C28H31Br2FN2S2/c1-3-5-7-9-11-18-13-15-22(34-18)26-27(23-16-14-19(35-23)12-10-8-6-4-2)33-28-24(30)21(31)17-20(29)25(28)32-26/h13-17H,3-12H2,1-2H3. The molecule has 1 aromatic carbocycles. The van der Waals surface area contributed by atoms with Crippen molar-refractivity contribution in [3.63, 3.8) is 0 Å². The molecule has 35 heavy (non-hydrogen) atoms. The summed E-state index contributed by atoms with van der Waals surface area (Å²) in [6, 6.07) is 10.2. The molecule has 2 nitrogen and oxygen atoms in total. The van der Waals surface area contributed by atoms with Gasteiger partial charge in [-0.05, 0) is 87.9 Å². The van der Waals surface area contributed by atoms with Crippen molar-refractivity contribution in [2.45, 2.75) is 78.1 Å². The van der Waals surface area contributed by atoms with Crippen molar-refractivity contribution >= 4 is 65.6 Å². The summed E-state index contributed by atoms with van der Waals surface area (Å²) in [7, 11) is 0. The highest BCUT2D eigenvalue weighted by molar-refractivity contribution is 9.11. The SMILES string of the molecule is CCCCCCc1ccc(-c2nc3c(Br)cc(F)c(Br)c3nc2-c2ccc(CCCCCC)s2)s1. The van der Waals surface area contributed by atoms with E-state index in [4.69, 9.17) is 9.97 Å². The fourth-order valence-electron chi connectivity index (χ4n) is 4.19. The molecule has 0 N–H and O–H groups in total. The Morgan fingerprint density at radius 2 is 1.23 bits per heavy atom. The Bertz CT molecular complexity index is 1280. The summed E-state index contributed by atoms with van der Waals surface area (Å²) >= 11 is 10.5. The lowest BCUT2D eigenvalue weighted by molar-refractivity contribution is 0.622. The zero-order valence-electron chi connectivity index (χ0n) is 20.3. The zero-order valence-corrected chi connectivity index (χ0v) is 25.1. The third-order valence-corrected chi connectivity index (χ3v) is 9.80. The van der Waals surface area contributed by atoms with Gasteiger partial charge in [0.2, 0.25) is 0 Å². The quantitative estimate of drug-likeness (QED) is 0.114. The summed E-state index contributed by atoms with van der Waals surface area (Å²) in [6.07, 6.45) is 12.2. The summed E-state index contributed by atoms with van der Waals surface area (Å²) in [5, 5.41) is 0. The van der Waals surface area contributed by atoms with Crippen molar-refractivity contribution in [3.8, 4) is 21.1 Å². The number of aromatic nitrogens is 2. The van der Waals surface area contributed by atoms with E-state index < -0.39 is 0 Å². The van der Waals surface area contributed by atoms with E-state index in [-0.39, 0.29) is 5.82 Å². The third kappa shape index (κ3) is 6.60. The number of fused-ring (bicyclic) bond motifs is 1. The molecular weight excluding hydrogens is 607 g/mol. The summed E-state index contributed by atoms with van der Waals surface area (Å²) in [5.41, 5.74) is 2.93. The molecule has 4 aromatic rings. The van der Waals surface area contributed by atoms with Gasteiger partial charge in [0.05, 0.1) is 14.2 Å². The van der Waals surface area contributed by atoms with E-state index >= 15 is 0 Å². The topological polar surface area (TPSA) is 25.8 Å². The summed E-state index contributed by atoms with van der Waals surface area (Å²) in [4.78, 5) is 15.0. The first-order valence-electron chi connectivity index (χ1n) is 12.5. The minimum absolute atomic E-state index is 0.342. The molecule has 0 aliphatic heterocycles. The van der Waals surface area contributed by atoms with Crippen molar-refractivity contribution in [1.29, 1.82) is 0 Å². The Morgan fingerprint density at radius 1 is 0.714 bits per heavy atom. The molecule has 3 aromatic heterocycles. The summed E-state index contributed by atoms with van der Waals surface area (Å²) < 4.78 is 15.5. The molecule has 7 heteroatoms. The molecule has 0 amide bonds. The number of rotatable bonds is 12. The van der Waals surface area contributed by atoms with Crippen LogP contribution in [-0.4, -0.2) is 9.97 Å². The zero-order chi connectivity index (χ0) is 24.8. The van der Waals surface area contributed by atoms with E-state index in [1.54, 1.807) is 22.7 Å². The number of nitrogens with zero attached hydrogens (tertiary/aromatic N) is 2. The Kier molecular flexibility index (Phi) is 9.91. The van der Waals surface area contributed by atoms with Crippen molar-refractivity contribution in [1.82, 2.24) is 9.97 Å². The van der Waals surface area contributed by atoms with Gasteiger partial charge in [0.25, 0.3) is 0 Å². The maximum Gasteiger partial charge on any atom is 0.140 e. The Balaban J connectivity index is 1.73. The van der Waals surface area contributed by atoms with E-state index in [2.05, 4.69) is 70.0 Å². The van der Waals surface area contributed by atoms with E-state index in [9.17, 15) is 4.39 Å². The first-order valence-corrected chi connectivity index (χ1v) is 15.8. The molecule has 0 bridgehead atoms. The number of unbranched alkanes of at least 4 members (excludes halogenated alkanes) is 6. The fourth-order valence-corrected chi connectivity index (χ4v) is 7.13. The molecule has 4 rings (SSSR count). The van der Waals surface area contributed by atoms with E-state index in [1.165, 1.54) is 67.2 Å². The van der Waals surface area contributed by atoms with Crippen LogP contribution in [0.4, 0.5) is 4.39 Å². The summed E-state index contributed by atoms with van der Waals surface area (Å²) in [6.45, 7) is 4.48. The van der Waals surface area contributed by atoms with Crippen molar-refractivity contribution < 1.29 is 4.39 Å². The number of halogens is 3. The van der Waals surface area contributed by atoms with Gasteiger partial charge in [-0.3, -0.25) is 0 Å². The lowest BCUT2D eigenvalue weighted by Crippen LogP contribution is -1.96. The Morgan fingerprint density at radius 3 is 1.74 bits per heavy atom. The van der Waals surface area contributed by atoms with Crippen molar-refractivity contribution in [2.24, 2.45) is 0 Å². The van der Waals surface area contributed by atoms with Gasteiger partial charge < -0.3 is 0 Å². The minimum atomic E-state index is -0.342. The van der Waals surface area contributed by atoms with Crippen LogP contribution in [0.1, 0.15) is 75.0 Å². The second-order valence-corrected chi connectivity index (χ2v) is 12.9. The van der Waals surface area contributed by atoms with Gasteiger partial charge in [0.15, 0.2) is 0 Å². The van der Waals surface area contributed by atoms with Crippen LogP contribution in [0.25, 0.3) is 32.2 Å². The lowest BCUT2D eigenvalue weighted by atomic mass is 10.1. The average Bonchev–Trinajstić information content (AvgIpc) is 3.52. The van der Waals surface area contributed by atoms with Crippen LogP contribution in [0.3, 0.4) is 0 Å². The minimum Gasteiger partial charge on any atom is -0.242 e. The molecule has 0 radical (unpaired) electrons. The van der Waals surface area contributed by atoms with Crippen molar-refractivity contribution in [2.75, 3.05) is 0 Å². The average molecular weight is 639 g/mol. The predicted molar refractivity (Wildman–Crippen MR) is 157 cm³/mol. The second-order valence-electron chi connectivity index (χ2n) is 8.93. The van der Waals surface area contributed by atoms with Gasteiger partial charge in [0.1, 0.15) is 28.2 Å². The van der Waals surface area contributed by atoms with Gasteiger partial charge in [-0.2, -0.15) is 0 Å². The van der Waals surface area contributed by atoms with Gasteiger partial charge >= 0.3 is 0 Å². The van der Waals surface area contributed by atoms with Crippen LogP contribution in [-0.2, 0) is 12.8 Å². The molecule has 0 saturated heterocycles. The lowest BCUT2D eigenvalue weighted by Gasteiger charge is -2.10. The van der Waals surface area contributed by atoms with Gasteiger partial charge in [0, 0.05) is 14.2 Å². The van der Waals surface area contributed by atoms with Crippen LogP contribution < -0.4 is 0 Å². The van der Waals surface area contributed by atoms with Gasteiger partial charge in [-0.25, -0.2) is 14.4 Å². The molecule has 0 atom stereocenters. The van der Waals surface area contributed by atoms with Crippen molar-refractivity contribution in [3.05, 3.63) is 54.8 Å². The third-order valence-electron chi connectivity index (χ3n) is 6.14. The molecule has 186 valence electrons. The molecule has 0 fully saturated rings. The Labute approximate surface area is 232 Å². The predicted octanol–water partition coefficient (Wildman–Crippen LogP) is 11.0. The first-order chi connectivity index (χ1) is 17.0. The number of thiophene rings is 2. The monoisotopic (exact) mass is 636 g/mol. The van der Waals surface area contributed by atoms with E-state index in [1.807, 2.05) is 0 Å². The maximum absolute atomic E-state index is 14.5. The smallest absolute Gasteiger partial charge is 0.140 e. The molecular formula is C28H31Br2FN2S2. The highest BCUT2D eigenvalue weighted by Crippen LogP contribution is 2.41. The highest BCUT2D eigenvalue weighted by Gasteiger charge is 2.20. The van der Waals surface area contributed by atoms with Crippen LogP contribution in [0, 0.1) is 5.82 Å². The fraction of sp³-hybridized carbons (Fsp3) is 0.429.